The van der Waals surface area contributed by atoms with Crippen LogP contribution in [0.5, 0.6) is 0 Å². The third-order valence-corrected chi connectivity index (χ3v) is 6.14. The van der Waals surface area contributed by atoms with Crippen LogP contribution in [0.1, 0.15) is 41.8 Å². The van der Waals surface area contributed by atoms with Gasteiger partial charge in [-0.25, -0.2) is 0 Å². The molecule has 0 aliphatic heterocycles. The number of halogens is 3. The second-order valence-electron chi connectivity index (χ2n) is 8.97. The number of fused-ring (bicyclic) bond motifs is 1. The van der Waals surface area contributed by atoms with E-state index in [2.05, 4.69) is 11.9 Å². The molecular weight excluding hydrogens is 477 g/mol. The third kappa shape index (κ3) is 6.49. The first-order valence-electron chi connectivity index (χ1n) is 12.1. The highest BCUT2D eigenvalue weighted by molar-refractivity contribution is 5.88. The first-order valence-corrected chi connectivity index (χ1v) is 12.1. The Bertz CT molecular complexity index is 1360. The number of aromatic nitrogens is 1. The van der Waals surface area contributed by atoms with Crippen LogP contribution < -0.4 is 5.32 Å². The van der Waals surface area contributed by atoms with Gasteiger partial charge in [0.2, 0.25) is 0 Å². The van der Waals surface area contributed by atoms with E-state index in [0.717, 1.165) is 34.2 Å². The molecule has 4 rings (SSSR count). The summed E-state index contributed by atoms with van der Waals surface area (Å²) in [7, 11) is 0. The van der Waals surface area contributed by atoms with E-state index in [4.69, 9.17) is 4.74 Å². The summed E-state index contributed by atoms with van der Waals surface area (Å²) < 4.78 is 47.2. The second-order valence-corrected chi connectivity index (χ2v) is 8.97. The van der Waals surface area contributed by atoms with Gasteiger partial charge in [0, 0.05) is 30.1 Å². The van der Waals surface area contributed by atoms with Crippen LogP contribution in [-0.4, -0.2) is 16.6 Å². The molecule has 4 aromatic rings. The van der Waals surface area contributed by atoms with Crippen LogP contribution in [0.4, 0.5) is 13.2 Å². The summed E-state index contributed by atoms with van der Waals surface area (Å²) in [5, 5.41) is 4.34. The van der Waals surface area contributed by atoms with Gasteiger partial charge in [0.1, 0.15) is 12.3 Å². The Morgan fingerprint density at radius 3 is 2.51 bits per heavy atom. The lowest BCUT2D eigenvalue weighted by Gasteiger charge is -2.23. The maximum Gasteiger partial charge on any atom is 0.416 e. The van der Waals surface area contributed by atoms with Crippen molar-refractivity contribution in [1.29, 1.82) is 0 Å². The van der Waals surface area contributed by atoms with Crippen molar-refractivity contribution < 1.29 is 22.7 Å². The number of ether oxygens (including phenoxy) is 1. The molecule has 2 unspecified atom stereocenters. The molecule has 1 heterocycles. The van der Waals surface area contributed by atoms with Gasteiger partial charge in [0.15, 0.2) is 0 Å². The van der Waals surface area contributed by atoms with Crippen LogP contribution in [0.15, 0.2) is 97.7 Å². The van der Waals surface area contributed by atoms with Crippen LogP contribution in [-0.2, 0) is 28.7 Å². The lowest BCUT2D eigenvalue weighted by Crippen LogP contribution is -2.27. The van der Waals surface area contributed by atoms with Gasteiger partial charge in [-0.2, -0.15) is 13.2 Å². The molecule has 0 radical (unpaired) electrons. The van der Waals surface area contributed by atoms with Gasteiger partial charge in [-0.1, -0.05) is 72.8 Å². The van der Waals surface area contributed by atoms with Crippen molar-refractivity contribution in [2.45, 2.75) is 44.8 Å². The van der Waals surface area contributed by atoms with E-state index in [1.165, 1.54) is 6.07 Å². The molecule has 0 spiro atoms. The Labute approximate surface area is 214 Å². The lowest BCUT2D eigenvalue weighted by molar-refractivity contribution is -0.147. The summed E-state index contributed by atoms with van der Waals surface area (Å²) in [6, 6.07) is 22.7. The number of esters is 1. The molecule has 0 bridgehead atoms. The number of nitrogens with zero attached hydrogens (tertiary/aromatic N) is 1. The van der Waals surface area contributed by atoms with Gasteiger partial charge in [-0.15, -0.1) is 6.58 Å². The van der Waals surface area contributed by atoms with Crippen LogP contribution in [0.2, 0.25) is 0 Å². The van der Waals surface area contributed by atoms with Gasteiger partial charge in [0.05, 0.1) is 12.0 Å². The van der Waals surface area contributed by atoms with E-state index < -0.39 is 11.7 Å². The molecule has 0 fully saturated rings. The fourth-order valence-corrected chi connectivity index (χ4v) is 4.42. The van der Waals surface area contributed by atoms with Crippen molar-refractivity contribution in [2.24, 2.45) is 0 Å². The maximum atomic E-state index is 13.2. The van der Waals surface area contributed by atoms with Crippen LogP contribution >= 0.6 is 0 Å². The van der Waals surface area contributed by atoms with Gasteiger partial charge in [-0.05, 0) is 35.7 Å². The standard InChI is InChI=1S/C30H29F3N2O2/c1-3-10-21(2)37-28(36)18-24-20-35(27-16-8-7-15-26(24)27)29(23-12-5-4-6-13-23)34-19-22-11-9-14-25(17-22)30(31,32)33/h3-9,11-17,20-21,29,34H,1,10,18-19H2,2H3. The number of benzene rings is 3. The zero-order valence-electron chi connectivity index (χ0n) is 20.5. The highest BCUT2D eigenvalue weighted by atomic mass is 19.4. The van der Waals surface area contributed by atoms with Crippen molar-refractivity contribution in [3.8, 4) is 0 Å². The zero-order valence-corrected chi connectivity index (χ0v) is 20.5. The zero-order chi connectivity index (χ0) is 26.4. The molecule has 1 N–H and O–H groups in total. The number of carbonyl (C=O) groups is 1. The predicted octanol–water partition coefficient (Wildman–Crippen LogP) is 7.05. The van der Waals surface area contributed by atoms with E-state index in [9.17, 15) is 18.0 Å². The molecule has 0 aliphatic rings. The number of hydrogen-bond acceptors (Lipinski definition) is 3. The molecule has 4 nitrogen and oxygen atoms in total. The normalized spacial score (nSPS) is 13.3. The first-order chi connectivity index (χ1) is 17.8. The Kier molecular flexibility index (Phi) is 8.14. The topological polar surface area (TPSA) is 43.3 Å². The van der Waals surface area contributed by atoms with Gasteiger partial charge in [-0.3, -0.25) is 10.1 Å². The molecule has 37 heavy (non-hydrogen) atoms. The summed E-state index contributed by atoms with van der Waals surface area (Å²) in [6.45, 7) is 5.72. The van der Waals surface area contributed by atoms with E-state index >= 15 is 0 Å². The van der Waals surface area contributed by atoms with E-state index in [0.29, 0.717) is 12.0 Å². The van der Waals surface area contributed by atoms with Crippen LogP contribution in [0.3, 0.4) is 0 Å². The fourth-order valence-electron chi connectivity index (χ4n) is 4.42. The molecular formula is C30H29F3N2O2. The van der Waals surface area contributed by atoms with Crippen molar-refractivity contribution in [3.63, 3.8) is 0 Å². The summed E-state index contributed by atoms with van der Waals surface area (Å²) in [5.41, 5.74) is 2.49. The minimum Gasteiger partial charge on any atom is -0.462 e. The number of nitrogens with one attached hydrogen (secondary N) is 1. The summed E-state index contributed by atoms with van der Waals surface area (Å²) in [6.07, 6.45) is -0.744. The summed E-state index contributed by atoms with van der Waals surface area (Å²) >= 11 is 0. The SMILES string of the molecule is C=CCC(C)OC(=O)Cc1cn(C(NCc2cccc(C(F)(F)F)c2)c2ccccc2)c2ccccc12. The lowest BCUT2D eigenvalue weighted by atomic mass is 10.1. The molecule has 2 atom stereocenters. The largest absolute Gasteiger partial charge is 0.462 e. The molecule has 3 aromatic carbocycles. The number of carbonyl (C=O) groups excluding carboxylic acids is 1. The van der Waals surface area contributed by atoms with Gasteiger partial charge < -0.3 is 9.30 Å². The van der Waals surface area contributed by atoms with Crippen molar-refractivity contribution in [1.82, 2.24) is 9.88 Å². The number of alkyl halides is 3. The second kappa shape index (κ2) is 11.5. The van der Waals surface area contributed by atoms with Crippen LogP contribution in [0, 0.1) is 0 Å². The van der Waals surface area contributed by atoms with E-state index in [-0.39, 0.29) is 31.2 Å². The smallest absolute Gasteiger partial charge is 0.416 e. The average Bonchev–Trinajstić information content (AvgIpc) is 3.22. The van der Waals surface area contributed by atoms with Crippen LogP contribution in [0.25, 0.3) is 10.9 Å². The Balaban J connectivity index is 1.67. The summed E-state index contributed by atoms with van der Waals surface area (Å²) in [4.78, 5) is 12.6. The Hall–Kier alpha value is -3.84. The first kappa shape index (κ1) is 26.2. The third-order valence-electron chi connectivity index (χ3n) is 6.14. The van der Waals surface area contributed by atoms with Gasteiger partial charge in [0.25, 0.3) is 0 Å². The fraction of sp³-hybridized carbons (Fsp3) is 0.233. The molecule has 0 saturated carbocycles. The molecule has 192 valence electrons. The average molecular weight is 507 g/mol. The molecule has 0 saturated heterocycles. The molecule has 1 aromatic heterocycles. The molecule has 7 heteroatoms. The van der Waals surface area contributed by atoms with Gasteiger partial charge >= 0.3 is 12.1 Å². The monoisotopic (exact) mass is 506 g/mol. The number of rotatable bonds is 10. The minimum atomic E-state index is -4.40. The highest BCUT2D eigenvalue weighted by Crippen LogP contribution is 2.31. The molecule has 0 amide bonds. The van der Waals surface area contributed by atoms with Crippen molar-refractivity contribution in [2.75, 3.05) is 0 Å². The quantitative estimate of drug-likeness (QED) is 0.185. The number of hydrogen-bond donors (Lipinski definition) is 1. The summed E-state index contributed by atoms with van der Waals surface area (Å²) in [5.74, 6) is -0.328. The highest BCUT2D eigenvalue weighted by Gasteiger charge is 2.30. The van der Waals surface area contributed by atoms with E-state index in [1.54, 1.807) is 12.1 Å². The maximum absolute atomic E-state index is 13.2. The van der Waals surface area contributed by atoms with Crippen molar-refractivity contribution >= 4 is 16.9 Å². The number of para-hydroxylation sites is 1. The Morgan fingerprint density at radius 1 is 1.05 bits per heavy atom. The predicted molar refractivity (Wildman–Crippen MR) is 139 cm³/mol. The Morgan fingerprint density at radius 2 is 1.78 bits per heavy atom. The van der Waals surface area contributed by atoms with E-state index in [1.807, 2.05) is 72.3 Å². The van der Waals surface area contributed by atoms with Crippen molar-refractivity contribution in [3.05, 3.63) is 120 Å². The minimum absolute atomic E-state index is 0.101. The molecule has 0 aliphatic carbocycles.